The molecule has 0 spiro atoms. The van der Waals surface area contributed by atoms with E-state index < -0.39 is 11.7 Å². The number of nitrogens with zero attached hydrogens (tertiary/aromatic N) is 1. The van der Waals surface area contributed by atoms with Gasteiger partial charge in [0.25, 0.3) is 0 Å². The number of alkyl halides is 3. The summed E-state index contributed by atoms with van der Waals surface area (Å²) in [6, 6.07) is 1.90. The number of aromatic nitrogens is 1. The molecule has 1 aromatic heterocycles. The highest BCUT2D eigenvalue weighted by Crippen LogP contribution is 2.48. The van der Waals surface area contributed by atoms with Gasteiger partial charge in [0.1, 0.15) is 11.6 Å². The Labute approximate surface area is 115 Å². The van der Waals surface area contributed by atoms with Crippen LogP contribution in [-0.2, 0) is 6.18 Å². The first-order valence-corrected chi connectivity index (χ1v) is 7.00. The maximum atomic E-state index is 12.7. The maximum absolute atomic E-state index is 12.7. The second-order valence-electron chi connectivity index (χ2n) is 5.98. The van der Waals surface area contributed by atoms with Gasteiger partial charge >= 0.3 is 6.18 Å². The van der Waals surface area contributed by atoms with Gasteiger partial charge in [-0.15, -0.1) is 0 Å². The van der Waals surface area contributed by atoms with E-state index in [1.807, 2.05) is 0 Å². The Morgan fingerprint density at radius 2 is 2.05 bits per heavy atom. The van der Waals surface area contributed by atoms with Crippen LogP contribution in [0.2, 0.25) is 0 Å². The lowest BCUT2D eigenvalue weighted by Crippen LogP contribution is -2.21. The summed E-state index contributed by atoms with van der Waals surface area (Å²) in [6.07, 6.45) is 0.654. The highest BCUT2D eigenvalue weighted by atomic mass is 19.4. The van der Waals surface area contributed by atoms with Crippen molar-refractivity contribution in [1.29, 1.82) is 0 Å². The van der Waals surface area contributed by atoms with Crippen molar-refractivity contribution < 1.29 is 13.2 Å². The predicted octanol–water partition coefficient (Wildman–Crippen LogP) is 3.53. The summed E-state index contributed by atoms with van der Waals surface area (Å²) in [5.74, 6) is 2.24. The summed E-state index contributed by atoms with van der Waals surface area (Å²) in [4.78, 5) is 3.94. The number of fused-ring (bicyclic) bond motifs is 2. The first-order valence-electron chi connectivity index (χ1n) is 7.00. The molecule has 2 fully saturated rings. The Bertz CT molecular complexity index is 501. The van der Waals surface area contributed by atoms with Crippen LogP contribution in [0.3, 0.4) is 0 Å². The molecular formula is C14H18F3N3. The second-order valence-corrected chi connectivity index (χ2v) is 5.98. The lowest BCUT2D eigenvalue weighted by atomic mass is 9.89. The molecule has 0 saturated heterocycles. The molecule has 0 amide bonds. The van der Waals surface area contributed by atoms with Crippen molar-refractivity contribution in [3.63, 3.8) is 0 Å². The zero-order valence-electron chi connectivity index (χ0n) is 11.1. The number of rotatable bonds is 3. The molecule has 0 radical (unpaired) electrons. The third-order valence-corrected chi connectivity index (χ3v) is 4.60. The van der Waals surface area contributed by atoms with Crippen molar-refractivity contribution in [2.24, 2.45) is 17.8 Å². The minimum Gasteiger partial charge on any atom is -0.384 e. The largest absolute Gasteiger partial charge is 0.416 e. The highest BCUT2D eigenvalue weighted by molar-refractivity contribution is 5.47. The van der Waals surface area contributed by atoms with Gasteiger partial charge in [0.15, 0.2) is 0 Å². The summed E-state index contributed by atoms with van der Waals surface area (Å²) < 4.78 is 38.1. The van der Waals surface area contributed by atoms with Crippen molar-refractivity contribution in [2.45, 2.75) is 31.9 Å². The zero-order valence-corrected chi connectivity index (χ0v) is 11.1. The predicted molar refractivity (Wildman–Crippen MR) is 71.1 cm³/mol. The van der Waals surface area contributed by atoms with Crippen LogP contribution in [0.5, 0.6) is 0 Å². The fraction of sp³-hybridized carbons (Fsp3) is 0.643. The van der Waals surface area contributed by atoms with Gasteiger partial charge in [0, 0.05) is 6.54 Å². The Hall–Kier alpha value is -1.46. The van der Waals surface area contributed by atoms with E-state index in [9.17, 15) is 13.2 Å². The van der Waals surface area contributed by atoms with Gasteiger partial charge < -0.3 is 11.1 Å². The van der Waals surface area contributed by atoms with E-state index in [4.69, 9.17) is 5.73 Å². The van der Waals surface area contributed by atoms with Crippen LogP contribution in [0.1, 0.15) is 31.2 Å². The summed E-state index contributed by atoms with van der Waals surface area (Å²) in [7, 11) is 0. The van der Waals surface area contributed by atoms with Gasteiger partial charge in [-0.25, -0.2) is 4.98 Å². The molecule has 1 aromatic rings. The third kappa shape index (κ3) is 2.69. The Morgan fingerprint density at radius 1 is 1.25 bits per heavy atom. The fourth-order valence-corrected chi connectivity index (χ4v) is 3.67. The van der Waals surface area contributed by atoms with Crippen LogP contribution in [0, 0.1) is 17.8 Å². The highest BCUT2D eigenvalue weighted by Gasteiger charge is 2.39. The molecule has 0 aliphatic heterocycles. The van der Waals surface area contributed by atoms with Crippen molar-refractivity contribution in [2.75, 3.05) is 17.6 Å². The third-order valence-electron chi connectivity index (χ3n) is 4.60. The number of nitrogens with one attached hydrogen (secondary N) is 1. The number of pyridine rings is 1. The average Bonchev–Trinajstić information content (AvgIpc) is 2.96. The molecule has 2 aliphatic carbocycles. The van der Waals surface area contributed by atoms with Crippen molar-refractivity contribution in [1.82, 2.24) is 4.98 Å². The topological polar surface area (TPSA) is 50.9 Å². The lowest BCUT2D eigenvalue weighted by Gasteiger charge is -2.22. The maximum Gasteiger partial charge on any atom is 0.416 e. The quantitative estimate of drug-likeness (QED) is 0.893. The molecule has 2 aliphatic rings. The standard InChI is InChI=1S/C14H18F3N3/c15-14(16,17)11-5-12(18)20-13(6-11)19-7-10-4-8-1-2-9(10)3-8/h5-6,8-10H,1-4,7H2,(H3,18,19,20). The van der Waals surface area contributed by atoms with Gasteiger partial charge in [-0.3, -0.25) is 0 Å². The number of anilines is 2. The summed E-state index contributed by atoms with van der Waals surface area (Å²) in [5, 5.41) is 3.03. The van der Waals surface area contributed by atoms with E-state index in [0.717, 1.165) is 24.0 Å². The van der Waals surface area contributed by atoms with Gasteiger partial charge in [0.2, 0.25) is 0 Å². The Kier molecular flexibility index (Phi) is 3.26. The van der Waals surface area contributed by atoms with Crippen LogP contribution in [-0.4, -0.2) is 11.5 Å². The summed E-state index contributed by atoms with van der Waals surface area (Å²) >= 11 is 0. The van der Waals surface area contributed by atoms with Crippen molar-refractivity contribution in [3.05, 3.63) is 17.7 Å². The van der Waals surface area contributed by atoms with E-state index in [1.165, 1.54) is 25.7 Å². The van der Waals surface area contributed by atoms with Gasteiger partial charge in [-0.2, -0.15) is 13.2 Å². The van der Waals surface area contributed by atoms with Crippen LogP contribution < -0.4 is 11.1 Å². The fourth-order valence-electron chi connectivity index (χ4n) is 3.67. The smallest absolute Gasteiger partial charge is 0.384 e. The van der Waals surface area contributed by atoms with Crippen LogP contribution in [0.4, 0.5) is 24.8 Å². The molecule has 110 valence electrons. The van der Waals surface area contributed by atoms with E-state index >= 15 is 0 Å². The summed E-state index contributed by atoms with van der Waals surface area (Å²) in [5.41, 5.74) is 4.70. The number of nitrogens with two attached hydrogens (primary N) is 1. The minimum atomic E-state index is -4.39. The molecule has 20 heavy (non-hydrogen) atoms. The minimum absolute atomic E-state index is 0.102. The molecular weight excluding hydrogens is 267 g/mol. The molecule has 2 saturated carbocycles. The average molecular weight is 285 g/mol. The second kappa shape index (κ2) is 4.82. The van der Waals surface area contributed by atoms with Gasteiger partial charge in [0.05, 0.1) is 5.56 Å². The molecule has 0 aromatic carbocycles. The van der Waals surface area contributed by atoms with Gasteiger partial charge in [-0.1, -0.05) is 6.42 Å². The molecule has 2 bridgehead atoms. The number of nitrogen functional groups attached to an aromatic ring is 1. The molecule has 3 unspecified atom stereocenters. The van der Waals surface area contributed by atoms with E-state index in [1.54, 1.807) is 0 Å². The SMILES string of the molecule is Nc1cc(C(F)(F)F)cc(NCC2CC3CCC2C3)n1. The normalized spacial score (nSPS) is 28.9. The van der Waals surface area contributed by atoms with Crippen molar-refractivity contribution >= 4 is 11.6 Å². The first kappa shape index (κ1) is 13.5. The van der Waals surface area contributed by atoms with Crippen LogP contribution >= 0.6 is 0 Å². The van der Waals surface area contributed by atoms with Crippen LogP contribution in [0.25, 0.3) is 0 Å². The summed E-state index contributed by atoms with van der Waals surface area (Å²) in [6.45, 7) is 0.689. The van der Waals surface area contributed by atoms with E-state index in [0.29, 0.717) is 12.5 Å². The molecule has 3 atom stereocenters. The molecule has 3 nitrogen and oxygen atoms in total. The first-order chi connectivity index (χ1) is 9.41. The van der Waals surface area contributed by atoms with E-state index in [2.05, 4.69) is 10.3 Å². The molecule has 1 heterocycles. The zero-order chi connectivity index (χ0) is 14.3. The van der Waals surface area contributed by atoms with Crippen LogP contribution in [0.15, 0.2) is 12.1 Å². The monoisotopic (exact) mass is 285 g/mol. The number of hydrogen-bond acceptors (Lipinski definition) is 3. The molecule has 3 rings (SSSR count). The van der Waals surface area contributed by atoms with E-state index in [-0.39, 0.29) is 11.6 Å². The molecule has 3 N–H and O–H groups in total. The number of hydrogen-bond donors (Lipinski definition) is 2. The van der Waals surface area contributed by atoms with Gasteiger partial charge in [-0.05, 0) is 49.1 Å². The lowest BCUT2D eigenvalue weighted by molar-refractivity contribution is -0.137. The molecule has 6 heteroatoms. The Balaban J connectivity index is 1.67. The Morgan fingerprint density at radius 3 is 2.65 bits per heavy atom. The van der Waals surface area contributed by atoms with Crippen molar-refractivity contribution in [3.8, 4) is 0 Å². The number of halogens is 3.